The van der Waals surface area contributed by atoms with E-state index in [0.717, 1.165) is 45.8 Å². The molecule has 1 aliphatic heterocycles. The highest BCUT2D eigenvalue weighted by atomic mass is 32.1. The standard InChI is InChI=1S/C15H21N5O3S/c21-20(22)14-4-1-3-13(11-14)12-17-18-15(24)16-5-2-6-19-7-9-23-10-8-19/h1,3-4,11-12H,2,5-10H2,(H2,16,18,24)/b17-12-. The van der Waals surface area contributed by atoms with Crippen LogP contribution in [0.25, 0.3) is 0 Å². The van der Waals surface area contributed by atoms with E-state index in [9.17, 15) is 10.1 Å². The number of nitrogens with one attached hydrogen (secondary N) is 2. The number of nitro benzene ring substituents is 1. The first-order valence-corrected chi connectivity index (χ1v) is 8.17. The number of benzene rings is 1. The fraction of sp³-hybridized carbons (Fsp3) is 0.467. The topological polar surface area (TPSA) is 92.0 Å². The molecule has 0 aromatic heterocycles. The molecule has 1 aromatic rings. The van der Waals surface area contributed by atoms with Gasteiger partial charge in [-0.3, -0.25) is 20.4 Å². The van der Waals surface area contributed by atoms with Crippen LogP contribution in [0.3, 0.4) is 0 Å². The van der Waals surface area contributed by atoms with Crippen LogP contribution in [-0.4, -0.2) is 60.5 Å². The zero-order chi connectivity index (χ0) is 17.2. The fourth-order valence-corrected chi connectivity index (χ4v) is 2.41. The molecule has 9 heteroatoms. The molecule has 1 aliphatic rings. The monoisotopic (exact) mass is 351 g/mol. The SMILES string of the molecule is O=[N+]([O-])c1cccc(/C=N\NC(=S)NCCCN2CCOCC2)c1. The summed E-state index contributed by atoms with van der Waals surface area (Å²) in [6.07, 6.45) is 2.48. The summed E-state index contributed by atoms with van der Waals surface area (Å²) < 4.78 is 5.30. The number of hydrogen-bond donors (Lipinski definition) is 2. The second-order valence-electron chi connectivity index (χ2n) is 5.29. The van der Waals surface area contributed by atoms with Crippen molar-refractivity contribution in [3.05, 3.63) is 39.9 Å². The summed E-state index contributed by atoms with van der Waals surface area (Å²) >= 11 is 5.13. The number of hydrogen-bond acceptors (Lipinski definition) is 6. The molecule has 2 N–H and O–H groups in total. The Hall–Kier alpha value is -2.10. The minimum atomic E-state index is -0.439. The van der Waals surface area contributed by atoms with Crippen molar-refractivity contribution in [2.45, 2.75) is 6.42 Å². The van der Waals surface area contributed by atoms with Gasteiger partial charge in [0, 0.05) is 37.3 Å². The Kier molecular flexibility index (Phi) is 7.53. The summed E-state index contributed by atoms with van der Waals surface area (Å²) in [5, 5.41) is 18.2. The van der Waals surface area contributed by atoms with Crippen molar-refractivity contribution in [2.75, 3.05) is 39.4 Å². The average Bonchev–Trinajstić information content (AvgIpc) is 2.60. The highest BCUT2D eigenvalue weighted by Gasteiger charge is 2.09. The van der Waals surface area contributed by atoms with E-state index < -0.39 is 4.92 Å². The van der Waals surface area contributed by atoms with Gasteiger partial charge in [0.2, 0.25) is 0 Å². The third-order valence-electron chi connectivity index (χ3n) is 3.50. The van der Waals surface area contributed by atoms with Crippen LogP contribution < -0.4 is 10.7 Å². The van der Waals surface area contributed by atoms with Crippen molar-refractivity contribution in [2.24, 2.45) is 5.10 Å². The maximum Gasteiger partial charge on any atom is 0.270 e. The number of ether oxygens (including phenoxy) is 1. The van der Waals surface area contributed by atoms with Crippen molar-refractivity contribution < 1.29 is 9.66 Å². The molecule has 8 nitrogen and oxygen atoms in total. The predicted octanol–water partition coefficient (Wildman–Crippen LogP) is 1.12. The molecule has 0 aliphatic carbocycles. The van der Waals surface area contributed by atoms with Gasteiger partial charge in [-0.05, 0) is 25.2 Å². The fourth-order valence-electron chi connectivity index (χ4n) is 2.25. The molecular weight excluding hydrogens is 330 g/mol. The van der Waals surface area contributed by atoms with Gasteiger partial charge < -0.3 is 10.1 Å². The zero-order valence-corrected chi connectivity index (χ0v) is 14.1. The maximum absolute atomic E-state index is 10.7. The molecule has 2 rings (SSSR count). The molecule has 0 saturated carbocycles. The van der Waals surface area contributed by atoms with Crippen LogP contribution >= 0.6 is 12.2 Å². The molecule has 1 saturated heterocycles. The van der Waals surface area contributed by atoms with Crippen molar-refractivity contribution in [1.82, 2.24) is 15.6 Å². The highest BCUT2D eigenvalue weighted by Crippen LogP contribution is 2.11. The second-order valence-corrected chi connectivity index (χ2v) is 5.69. The summed E-state index contributed by atoms with van der Waals surface area (Å²) in [6.45, 7) is 5.34. The van der Waals surface area contributed by atoms with Gasteiger partial charge in [-0.25, -0.2) is 0 Å². The van der Waals surface area contributed by atoms with Crippen LogP contribution in [0.5, 0.6) is 0 Å². The number of morpholine rings is 1. The summed E-state index contributed by atoms with van der Waals surface area (Å²) in [7, 11) is 0. The van der Waals surface area contributed by atoms with Crippen LogP contribution in [0.1, 0.15) is 12.0 Å². The molecule has 0 amide bonds. The Morgan fingerprint density at radius 1 is 1.46 bits per heavy atom. The van der Waals surface area contributed by atoms with E-state index >= 15 is 0 Å². The molecule has 130 valence electrons. The van der Waals surface area contributed by atoms with Crippen LogP contribution in [-0.2, 0) is 4.74 Å². The number of nitrogens with zero attached hydrogens (tertiary/aromatic N) is 3. The van der Waals surface area contributed by atoms with Gasteiger partial charge in [0.25, 0.3) is 5.69 Å². The maximum atomic E-state index is 10.7. The largest absolute Gasteiger partial charge is 0.379 e. The third kappa shape index (κ3) is 6.57. The summed E-state index contributed by atoms with van der Waals surface area (Å²) in [5.74, 6) is 0. The Balaban J connectivity index is 1.63. The Bertz CT molecular complexity index is 590. The van der Waals surface area contributed by atoms with Crippen molar-refractivity contribution in [3.63, 3.8) is 0 Å². The molecule has 24 heavy (non-hydrogen) atoms. The molecule has 1 fully saturated rings. The first kappa shape index (κ1) is 18.2. The molecule has 1 heterocycles. The van der Waals surface area contributed by atoms with Gasteiger partial charge >= 0.3 is 0 Å². The smallest absolute Gasteiger partial charge is 0.270 e. The summed E-state index contributed by atoms with van der Waals surface area (Å²) in [5.41, 5.74) is 3.37. The van der Waals surface area contributed by atoms with Crippen LogP contribution in [0.4, 0.5) is 5.69 Å². The van der Waals surface area contributed by atoms with E-state index in [4.69, 9.17) is 17.0 Å². The predicted molar refractivity (Wildman–Crippen MR) is 96.3 cm³/mol. The van der Waals surface area contributed by atoms with Gasteiger partial charge in [0.05, 0.1) is 24.4 Å². The van der Waals surface area contributed by atoms with E-state index in [2.05, 4.69) is 20.7 Å². The Morgan fingerprint density at radius 2 is 2.25 bits per heavy atom. The van der Waals surface area contributed by atoms with Crippen molar-refractivity contribution in [1.29, 1.82) is 0 Å². The summed E-state index contributed by atoms with van der Waals surface area (Å²) in [4.78, 5) is 12.6. The zero-order valence-electron chi connectivity index (χ0n) is 13.3. The van der Waals surface area contributed by atoms with E-state index in [1.165, 1.54) is 18.3 Å². The third-order valence-corrected chi connectivity index (χ3v) is 3.74. The molecule has 0 bridgehead atoms. The molecule has 1 aromatic carbocycles. The van der Waals surface area contributed by atoms with Gasteiger partial charge in [0.1, 0.15) is 0 Å². The lowest BCUT2D eigenvalue weighted by Gasteiger charge is -2.26. The number of thiocarbonyl (C=S) groups is 1. The van der Waals surface area contributed by atoms with Crippen molar-refractivity contribution >= 4 is 29.2 Å². The number of rotatable bonds is 7. The van der Waals surface area contributed by atoms with Crippen LogP contribution in [0.2, 0.25) is 0 Å². The van der Waals surface area contributed by atoms with Crippen molar-refractivity contribution in [3.8, 4) is 0 Å². The van der Waals surface area contributed by atoms with Gasteiger partial charge in [0.15, 0.2) is 5.11 Å². The Morgan fingerprint density at radius 3 is 3.00 bits per heavy atom. The molecule has 0 spiro atoms. The molecular formula is C15H21N5O3S. The first-order valence-electron chi connectivity index (χ1n) is 7.76. The first-order chi connectivity index (χ1) is 11.6. The van der Waals surface area contributed by atoms with Crippen LogP contribution in [0, 0.1) is 10.1 Å². The van der Waals surface area contributed by atoms with Gasteiger partial charge in [-0.15, -0.1) is 0 Å². The van der Waals surface area contributed by atoms with Gasteiger partial charge in [-0.1, -0.05) is 12.1 Å². The number of hydrazone groups is 1. The molecule has 0 unspecified atom stereocenters. The van der Waals surface area contributed by atoms with E-state index in [0.29, 0.717) is 10.7 Å². The molecule has 0 atom stereocenters. The quantitative estimate of drug-likeness (QED) is 0.250. The normalized spacial score (nSPS) is 15.3. The lowest BCUT2D eigenvalue weighted by molar-refractivity contribution is -0.384. The highest BCUT2D eigenvalue weighted by molar-refractivity contribution is 7.80. The van der Waals surface area contributed by atoms with Crippen LogP contribution in [0.15, 0.2) is 29.4 Å². The minimum absolute atomic E-state index is 0.0303. The lowest BCUT2D eigenvalue weighted by Crippen LogP contribution is -2.39. The number of nitro groups is 1. The average molecular weight is 351 g/mol. The second kappa shape index (κ2) is 9.91. The minimum Gasteiger partial charge on any atom is -0.379 e. The molecule has 0 radical (unpaired) electrons. The number of non-ortho nitro benzene ring substituents is 1. The van der Waals surface area contributed by atoms with Gasteiger partial charge in [-0.2, -0.15) is 5.10 Å². The van der Waals surface area contributed by atoms with E-state index in [1.807, 2.05) is 0 Å². The van der Waals surface area contributed by atoms with E-state index in [-0.39, 0.29) is 5.69 Å². The lowest BCUT2D eigenvalue weighted by atomic mass is 10.2. The Labute approximate surface area is 146 Å². The summed E-state index contributed by atoms with van der Waals surface area (Å²) in [6, 6.07) is 6.23. The van der Waals surface area contributed by atoms with E-state index in [1.54, 1.807) is 12.1 Å².